The molecule has 7 aromatic rings. The van der Waals surface area contributed by atoms with E-state index in [0.29, 0.717) is 45.9 Å². The van der Waals surface area contributed by atoms with Crippen molar-refractivity contribution in [1.82, 2.24) is 39.9 Å². The predicted molar refractivity (Wildman–Crippen MR) is 161 cm³/mol. The van der Waals surface area contributed by atoms with Gasteiger partial charge in [0.2, 0.25) is 22.9 Å². The maximum Gasteiger partial charge on any atom is 0.261 e. The molecule has 9 heterocycles. The van der Waals surface area contributed by atoms with Crippen LogP contribution in [0.25, 0.3) is 90.2 Å². The minimum atomic E-state index is 0.560. The van der Waals surface area contributed by atoms with E-state index in [-0.39, 0.29) is 0 Å². The highest BCUT2D eigenvalue weighted by atomic mass is 15.1. The van der Waals surface area contributed by atoms with Gasteiger partial charge in [-0.15, -0.1) is 0 Å². The number of hydrogen-bond donors (Lipinski definition) is 2. The highest BCUT2D eigenvalue weighted by molar-refractivity contribution is 6.01. The van der Waals surface area contributed by atoms with Crippen LogP contribution in [0.5, 0.6) is 0 Å². The van der Waals surface area contributed by atoms with Gasteiger partial charge in [-0.05, 0) is 24.3 Å². The lowest BCUT2D eigenvalue weighted by atomic mass is 10.2. The third-order valence-electron chi connectivity index (χ3n) is 8.35. The number of aromatic nitrogens is 12. The summed E-state index contributed by atoms with van der Waals surface area (Å²) < 4.78 is 8.13. The molecule has 0 amide bonds. The zero-order valence-corrected chi connectivity index (χ0v) is 24.4. The summed E-state index contributed by atoms with van der Waals surface area (Å²) in [5, 5.41) is 1.84. The fourth-order valence-electron chi connectivity index (χ4n) is 6.33. The summed E-state index contributed by atoms with van der Waals surface area (Å²) in [5.74, 6) is 2.26. The van der Waals surface area contributed by atoms with Crippen molar-refractivity contribution in [2.24, 2.45) is 28.2 Å². The molecular formula is C32H26N12+4. The van der Waals surface area contributed by atoms with Crippen molar-refractivity contribution < 1.29 is 18.3 Å². The molecule has 9 rings (SSSR count). The first-order valence-electron chi connectivity index (χ1n) is 14.2. The van der Waals surface area contributed by atoms with Gasteiger partial charge >= 0.3 is 0 Å². The predicted octanol–water partition coefficient (Wildman–Crippen LogP) is 2.17. The summed E-state index contributed by atoms with van der Waals surface area (Å²) in [7, 11) is 7.99. The Bertz CT molecular complexity index is 2380. The SMILES string of the molecule is C[n+]1cccc2c1-c1nc-2nc2[nH]c(nc3nc(nc4[nH]c(n1)c1c4ccc[n+]1C)-c1ccc[n+](C)c1-3)c1c2ccc[n+]1C. The van der Waals surface area contributed by atoms with E-state index in [1.165, 1.54) is 0 Å². The monoisotopic (exact) mass is 578 g/mol. The molecular weight excluding hydrogens is 552 g/mol. The number of hydrogen-bond acceptors (Lipinski definition) is 6. The fourth-order valence-corrected chi connectivity index (χ4v) is 6.33. The van der Waals surface area contributed by atoms with Crippen LogP contribution >= 0.6 is 0 Å². The van der Waals surface area contributed by atoms with Crippen LogP contribution in [0.4, 0.5) is 0 Å². The van der Waals surface area contributed by atoms with Crippen LogP contribution in [0.15, 0.2) is 73.3 Å². The summed E-state index contributed by atoms with van der Waals surface area (Å²) >= 11 is 0. The van der Waals surface area contributed by atoms with E-state index in [0.717, 1.165) is 44.3 Å². The van der Waals surface area contributed by atoms with Crippen molar-refractivity contribution in [2.45, 2.75) is 0 Å². The molecule has 7 aromatic heterocycles. The minimum absolute atomic E-state index is 0.560. The Morgan fingerprint density at radius 2 is 0.818 bits per heavy atom. The molecule has 2 aliphatic heterocycles. The average Bonchev–Trinajstić information content (AvgIpc) is 3.74. The van der Waals surface area contributed by atoms with Crippen LogP contribution in [0.2, 0.25) is 0 Å². The second-order valence-electron chi connectivity index (χ2n) is 11.1. The van der Waals surface area contributed by atoms with Gasteiger partial charge in [0.1, 0.15) is 39.5 Å². The molecule has 0 spiro atoms. The first-order chi connectivity index (χ1) is 21.4. The van der Waals surface area contributed by atoms with Crippen molar-refractivity contribution in [1.29, 1.82) is 0 Å². The van der Waals surface area contributed by atoms with E-state index in [4.69, 9.17) is 29.9 Å². The van der Waals surface area contributed by atoms with E-state index >= 15 is 0 Å². The fraction of sp³-hybridized carbons (Fsp3) is 0.125. The van der Waals surface area contributed by atoms with Crippen LogP contribution in [0.1, 0.15) is 0 Å². The first-order valence-corrected chi connectivity index (χ1v) is 14.2. The van der Waals surface area contributed by atoms with Gasteiger partial charge in [0.15, 0.2) is 36.4 Å². The Kier molecular flexibility index (Phi) is 4.87. The van der Waals surface area contributed by atoms with Crippen molar-refractivity contribution in [3.8, 4) is 45.8 Å². The smallest absolute Gasteiger partial charge is 0.261 e. The Morgan fingerprint density at radius 3 is 1.27 bits per heavy atom. The highest BCUT2D eigenvalue weighted by Gasteiger charge is 2.31. The Morgan fingerprint density at radius 1 is 0.432 bits per heavy atom. The Balaban J connectivity index is 1.54. The number of aryl methyl sites for hydroxylation is 4. The molecule has 210 valence electrons. The molecule has 0 atom stereocenters. The highest BCUT2D eigenvalue weighted by Crippen LogP contribution is 2.33. The van der Waals surface area contributed by atoms with Gasteiger partial charge in [0.25, 0.3) is 22.4 Å². The van der Waals surface area contributed by atoms with Gasteiger partial charge in [0, 0.05) is 24.3 Å². The third kappa shape index (κ3) is 3.38. The molecule has 0 aromatic carbocycles. The number of aromatic amines is 2. The van der Waals surface area contributed by atoms with Crippen LogP contribution in [-0.2, 0) is 28.2 Å². The lowest BCUT2D eigenvalue weighted by Gasteiger charge is -1.96. The van der Waals surface area contributed by atoms with Crippen LogP contribution < -0.4 is 18.3 Å². The molecule has 0 saturated carbocycles. The maximum absolute atomic E-state index is 5.12. The zero-order valence-electron chi connectivity index (χ0n) is 24.4. The first kappa shape index (κ1) is 24.5. The molecule has 0 fully saturated rings. The Labute approximate surface area is 249 Å². The summed E-state index contributed by atoms with van der Waals surface area (Å²) in [5.41, 5.74) is 7.96. The maximum atomic E-state index is 5.12. The topological polar surface area (TPSA) is 124 Å². The van der Waals surface area contributed by atoms with Gasteiger partial charge in [-0.3, -0.25) is 0 Å². The van der Waals surface area contributed by atoms with E-state index < -0.39 is 0 Å². The summed E-state index contributed by atoms with van der Waals surface area (Å²) in [6.07, 6.45) is 7.99. The number of rotatable bonds is 0. The number of H-pyrrole nitrogens is 2. The van der Waals surface area contributed by atoms with Crippen molar-refractivity contribution in [2.75, 3.05) is 0 Å². The van der Waals surface area contributed by atoms with Crippen LogP contribution in [0, 0.1) is 0 Å². The van der Waals surface area contributed by atoms with Gasteiger partial charge in [-0.1, -0.05) is 0 Å². The van der Waals surface area contributed by atoms with Crippen molar-refractivity contribution in [3.05, 3.63) is 73.3 Å². The number of pyridine rings is 4. The number of fused-ring (bicyclic) bond motifs is 20. The average molecular weight is 579 g/mol. The van der Waals surface area contributed by atoms with E-state index in [2.05, 4.69) is 9.97 Å². The molecule has 0 saturated heterocycles. The molecule has 8 bridgehead atoms. The summed E-state index contributed by atoms with van der Waals surface area (Å²) in [6, 6.07) is 16.1. The normalized spacial score (nSPS) is 12.1. The van der Waals surface area contributed by atoms with Gasteiger partial charge in [-0.2, -0.15) is 28.2 Å². The standard InChI is InChI=1S/C32H25N12/c1-41-13-5-9-17-21(41)29-35-25(17)33-26-19-11-7-15-43(3)23(19)31(37-26)40-32-24-20(12-8-16-44(24)4)28(38-32)34-27-18-10-6-14-42(2)22(18)30(36-27)39-29/h5-16H,1-4H3,(H,33,34,35,36,37,38,39,40)/q+3/p+1. The van der Waals surface area contributed by atoms with Gasteiger partial charge < -0.3 is 9.97 Å². The molecule has 0 unspecified atom stereocenters. The molecule has 2 N–H and O–H groups in total. The van der Waals surface area contributed by atoms with Crippen LogP contribution in [-0.4, -0.2) is 39.9 Å². The second-order valence-corrected chi connectivity index (χ2v) is 11.1. The van der Waals surface area contributed by atoms with Crippen LogP contribution in [0.3, 0.4) is 0 Å². The summed E-state index contributed by atoms with van der Waals surface area (Å²) in [6.45, 7) is 0. The number of nitrogens with one attached hydrogen (secondary N) is 2. The molecule has 12 heteroatoms. The zero-order chi connectivity index (χ0) is 29.7. The van der Waals surface area contributed by atoms with E-state index in [1.807, 2.05) is 120 Å². The molecule has 0 aliphatic carbocycles. The molecule has 2 aliphatic rings. The quantitative estimate of drug-likeness (QED) is 0.266. The van der Waals surface area contributed by atoms with Gasteiger partial charge in [0.05, 0.1) is 21.9 Å². The largest absolute Gasteiger partial charge is 0.318 e. The summed E-state index contributed by atoms with van der Waals surface area (Å²) in [4.78, 5) is 37.4. The second kappa shape index (κ2) is 8.74. The van der Waals surface area contributed by atoms with Crippen molar-refractivity contribution >= 4 is 44.4 Å². The van der Waals surface area contributed by atoms with E-state index in [1.54, 1.807) is 0 Å². The molecule has 0 radical (unpaired) electrons. The number of nitrogens with zero attached hydrogens (tertiary/aromatic N) is 10. The van der Waals surface area contributed by atoms with E-state index in [9.17, 15) is 0 Å². The van der Waals surface area contributed by atoms with Crippen molar-refractivity contribution in [3.63, 3.8) is 0 Å². The molecule has 44 heavy (non-hydrogen) atoms. The Hall–Kier alpha value is -6.04. The minimum Gasteiger partial charge on any atom is -0.318 e. The van der Waals surface area contributed by atoms with Gasteiger partial charge in [-0.25, -0.2) is 19.9 Å². The lowest BCUT2D eigenvalue weighted by molar-refractivity contribution is -0.660. The lowest BCUT2D eigenvalue weighted by Crippen LogP contribution is -2.30. The third-order valence-corrected chi connectivity index (χ3v) is 8.35. The molecule has 12 nitrogen and oxygen atoms in total.